The molecule has 1 saturated heterocycles. The fourth-order valence-electron chi connectivity index (χ4n) is 2.42. The highest BCUT2D eigenvalue weighted by Gasteiger charge is 2.32. The molecule has 0 bridgehead atoms. The molecule has 1 aliphatic heterocycles. The summed E-state index contributed by atoms with van der Waals surface area (Å²) in [5.74, 6) is 0.319. The first kappa shape index (κ1) is 16.0. The van der Waals surface area contributed by atoms with E-state index in [1.807, 2.05) is 11.8 Å². The van der Waals surface area contributed by atoms with Crippen LogP contribution in [0.4, 0.5) is 0 Å². The second-order valence-electron chi connectivity index (χ2n) is 5.57. The molecule has 110 valence electrons. The molecule has 19 heavy (non-hydrogen) atoms. The van der Waals surface area contributed by atoms with Crippen molar-refractivity contribution < 1.29 is 9.59 Å². The van der Waals surface area contributed by atoms with Crippen LogP contribution < -0.4 is 5.32 Å². The van der Waals surface area contributed by atoms with E-state index in [9.17, 15) is 9.59 Å². The highest BCUT2D eigenvalue weighted by atomic mass is 16.2. The first-order valence-corrected chi connectivity index (χ1v) is 7.68. The fraction of sp³-hybridized carbons (Fsp3) is 0.867. The first-order chi connectivity index (χ1) is 9.10. The van der Waals surface area contributed by atoms with Gasteiger partial charge < -0.3 is 10.2 Å². The monoisotopic (exact) mass is 268 g/mol. The molecule has 1 N–H and O–H groups in total. The molecule has 1 fully saturated rings. The van der Waals surface area contributed by atoms with E-state index >= 15 is 0 Å². The Hall–Kier alpha value is -1.06. The Morgan fingerprint density at radius 3 is 2.63 bits per heavy atom. The van der Waals surface area contributed by atoms with Crippen LogP contribution in [0.5, 0.6) is 0 Å². The topological polar surface area (TPSA) is 49.4 Å². The molecule has 0 aromatic heterocycles. The van der Waals surface area contributed by atoms with Gasteiger partial charge in [-0.3, -0.25) is 9.59 Å². The van der Waals surface area contributed by atoms with Crippen molar-refractivity contribution in [3.63, 3.8) is 0 Å². The zero-order chi connectivity index (χ0) is 14.3. The first-order valence-electron chi connectivity index (χ1n) is 7.68. The van der Waals surface area contributed by atoms with Crippen molar-refractivity contribution in [3.05, 3.63) is 0 Å². The molecule has 0 aromatic rings. The summed E-state index contributed by atoms with van der Waals surface area (Å²) in [5, 5.41) is 2.88. The number of nitrogens with zero attached hydrogens (tertiary/aromatic N) is 1. The van der Waals surface area contributed by atoms with Crippen LogP contribution in [0.3, 0.4) is 0 Å². The standard InChI is InChI=1S/C15H28N2O2/c1-4-6-7-8-10-17-11-9-13(18)16-14(15(17)19)12(3)5-2/h12,14H,4-11H2,1-3H3,(H,16,18). The molecular weight excluding hydrogens is 240 g/mol. The van der Waals surface area contributed by atoms with Gasteiger partial charge in [-0.25, -0.2) is 0 Å². The zero-order valence-corrected chi connectivity index (χ0v) is 12.6. The maximum absolute atomic E-state index is 12.5. The van der Waals surface area contributed by atoms with Gasteiger partial charge >= 0.3 is 0 Å². The fourth-order valence-corrected chi connectivity index (χ4v) is 2.42. The van der Waals surface area contributed by atoms with E-state index in [4.69, 9.17) is 0 Å². The number of hydrogen-bond acceptors (Lipinski definition) is 2. The van der Waals surface area contributed by atoms with E-state index < -0.39 is 0 Å². The Bertz CT molecular complexity index is 305. The molecule has 0 aromatic carbocycles. The lowest BCUT2D eigenvalue weighted by Gasteiger charge is -2.27. The summed E-state index contributed by atoms with van der Waals surface area (Å²) in [6.45, 7) is 7.63. The normalized spacial score (nSPS) is 22.1. The average Bonchev–Trinajstić information content (AvgIpc) is 2.55. The van der Waals surface area contributed by atoms with Crippen LogP contribution >= 0.6 is 0 Å². The Kier molecular flexibility index (Phi) is 6.89. The van der Waals surface area contributed by atoms with Gasteiger partial charge in [0.05, 0.1) is 0 Å². The van der Waals surface area contributed by atoms with Crippen molar-refractivity contribution in [3.8, 4) is 0 Å². The highest BCUT2D eigenvalue weighted by Crippen LogP contribution is 2.15. The summed E-state index contributed by atoms with van der Waals surface area (Å²) in [6, 6.07) is -0.328. The van der Waals surface area contributed by atoms with E-state index in [0.717, 1.165) is 25.8 Å². The Balaban J connectivity index is 2.59. The van der Waals surface area contributed by atoms with E-state index in [1.54, 1.807) is 0 Å². The maximum atomic E-state index is 12.5. The van der Waals surface area contributed by atoms with Crippen molar-refractivity contribution in [2.45, 2.75) is 65.3 Å². The smallest absolute Gasteiger partial charge is 0.245 e. The van der Waals surface area contributed by atoms with Gasteiger partial charge in [0.25, 0.3) is 0 Å². The molecule has 2 unspecified atom stereocenters. The third-order valence-corrected chi connectivity index (χ3v) is 4.00. The summed E-state index contributed by atoms with van der Waals surface area (Å²) < 4.78 is 0. The molecule has 1 rings (SSSR count). The van der Waals surface area contributed by atoms with Gasteiger partial charge in [-0.2, -0.15) is 0 Å². The van der Waals surface area contributed by atoms with Gasteiger partial charge in [-0.15, -0.1) is 0 Å². The molecule has 4 nitrogen and oxygen atoms in total. The van der Waals surface area contributed by atoms with Crippen molar-refractivity contribution in [2.24, 2.45) is 5.92 Å². The number of unbranched alkanes of at least 4 members (excludes halogenated alkanes) is 3. The van der Waals surface area contributed by atoms with Gasteiger partial charge in [0.1, 0.15) is 6.04 Å². The number of carbonyl (C=O) groups excluding carboxylic acids is 2. The van der Waals surface area contributed by atoms with Crippen molar-refractivity contribution in [2.75, 3.05) is 13.1 Å². The lowest BCUT2D eigenvalue weighted by atomic mass is 9.98. The van der Waals surface area contributed by atoms with Crippen LogP contribution in [0.1, 0.15) is 59.3 Å². The Morgan fingerprint density at radius 2 is 2.00 bits per heavy atom. The summed E-state index contributed by atoms with van der Waals surface area (Å²) in [7, 11) is 0. The Morgan fingerprint density at radius 1 is 1.26 bits per heavy atom. The molecule has 2 amide bonds. The van der Waals surface area contributed by atoms with Crippen LogP contribution in [0.25, 0.3) is 0 Å². The molecule has 2 atom stereocenters. The molecule has 1 heterocycles. The van der Waals surface area contributed by atoms with Crippen LogP contribution in [-0.2, 0) is 9.59 Å². The number of carbonyl (C=O) groups is 2. The number of nitrogens with one attached hydrogen (secondary N) is 1. The van der Waals surface area contributed by atoms with Gasteiger partial charge in [0.2, 0.25) is 11.8 Å². The van der Waals surface area contributed by atoms with Gasteiger partial charge in [-0.1, -0.05) is 46.5 Å². The van der Waals surface area contributed by atoms with E-state index in [2.05, 4.69) is 19.2 Å². The largest absolute Gasteiger partial charge is 0.344 e. The number of amides is 2. The minimum atomic E-state index is -0.328. The molecule has 0 spiro atoms. The van der Waals surface area contributed by atoms with Crippen LogP contribution in [0.2, 0.25) is 0 Å². The van der Waals surface area contributed by atoms with Gasteiger partial charge in [0, 0.05) is 19.5 Å². The zero-order valence-electron chi connectivity index (χ0n) is 12.6. The predicted octanol–water partition coefficient (Wildman–Crippen LogP) is 2.33. The molecule has 0 aliphatic carbocycles. The van der Waals surface area contributed by atoms with E-state index in [-0.39, 0.29) is 23.8 Å². The summed E-state index contributed by atoms with van der Waals surface area (Å²) in [5.41, 5.74) is 0. The lowest BCUT2D eigenvalue weighted by molar-refractivity contribution is -0.135. The molecule has 4 heteroatoms. The third kappa shape index (κ3) is 4.84. The minimum Gasteiger partial charge on any atom is -0.344 e. The van der Waals surface area contributed by atoms with E-state index in [0.29, 0.717) is 13.0 Å². The lowest BCUT2D eigenvalue weighted by Crippen LogP contribution is -2.48. The summed E-state index contributed by atoms with van der Waals surface area (Å²) in [4.78, 5) is 26.0. The van der Waals surface area contributed by atoms with Gasteiger partial charge in [-0.05, 0) is 12.3 Å². The molecular formula is C15H28N2O2. The summed E-state index contributed by atoms with van der Waals surface area (Å²) >= 11 is 0. The van der Waals surface area contributed by atoms with Gasteiger partial charge in [0.15, 0.2) is 0 Å². The highest BCUT2D eigenvalue weighted by molar-refractivity contribution is 5.90. The average molecular weight is 268 g/mol. The predicted molar refractivity (Wildman–Crippen MR) is 76.7 cm³/mol. The molecule has 1 aliphatic rings. The SMILES string of the molecule is CCCCCCN1CCC(=O)NC(C(C)CC)C1=O. The number of rotatable bonds is 7. The van der Waals surface area contributed by atoms with Crippen LogP contribution in [-0.4, -0.2) is 35.8 Å². The molecule has 0 saturated carbocycles. The summed E-state index contributed by atoms with van der Waals surface area (Å²) in [6.07, 6.45) is 5.96. The maximum Gasteiger partial charge on any atom is 0.245 e. The number of hydrogen-bond donors (Lipinski definition) is 1. The minimum absolute atomic E-state index is 0.00899. The Labute approximate surface area is 116 Å². The quantitative estimate of drug-likeness (QED) is 0.720. The third-order valence-electron chi connectivity index (χ3n) is 4.00. The van der Waals surface area contributed by atoms with Crippen molar-refractivity contribution >= 4 is 11.8 Å². The molecule has 0 radical (unpaired) electrons. The second-order valence-corrected chi connectivity index (χ2v) is 5.57. The van der Waals surface area contributed by atoms with Crippen molar-refractivity contribution in [1.82, 2.24) is 10.2 Å². The van der Waals surface area contributed by atoms with Crippen LogP contribution in [0.15, 0.2) is 0 Å². The van der Waals surface area contributed by atoms with E-state index in [1.165, 1.54) is 12.8 Å². The van der Waals surface area contributed by atoms with Crippen LogP contribution in [0, 0.1) is 5.92 Å². The van der Waals surface area contributed by atoms with Crippen molar-refractivity contribution in [1.29, 1.82) is 0 Å². The second kappa shape index (κ2) is 8.18.